The molecule has 0 radical (unpaired) electrons. The first kappa shape index (κ1) is 14.7. The standard InChI is InChI=1S/C11H19N3O3S/c1-3-17-7-6-14-10-5-4-9(12)8-11(10)18(15,16)13-2/h4-5,8,13-14H,3,6-7,12H2,1-2H3. The molecule has 6 nitrogen and oxygen atoms in total. The molecule has 0 unspecified atom stereocenters. The maximum atomic E-state index is 11.8. The van der Waals surface area contributed by atoms with Gasteiger partial charge in [-0.05, 0) is 32.2 Å². The minimum atomic E-state index is -3.53. The smallest absolute Gasteiger partial charge is 0.242 e. The number of anilines is 2. The average molecular weight is 273 g/mol. The van der Waals surface area contributed by atoms with Crippen molar-refractivity contribution in [3.05, 3.63) is 18.2 Å². The van der Waals surface area contributed by atoms with Gasteiger partial charge in [0.25, 0.3) is 0 Å². The summed E-state index contributed by atoms with van der Waals surface area (Å²) in [6.45, 7) is 3.58. The SMILES string of the molecule is CCOCCNc1ccc(N)cc1S(=O)(=O)NC. The van der Waals surface area contributed by atoms with Crippen molar-refractivity contribution in [3.8, 4) is 0 Å². The van der Waals surface area contributed by atoms with Crippen molar-refractivity contribution in [1.82, 2.24) is 4.72 Å². The summed E-state index contributed by atoms with van der Waals surface area (Å²) in [5.74, 6) is 0. The zero-order valence-electron chi connectivity index (χ0n) is 10.6. The first-order valence-corrected chi connectivity index (χ1v) is 7.14. The van der Waals surface area contributed by atoms with Crippen molar-refractivity contribution in [2.45, 2.75) is 11.8 Å². The van der Waals surface area contributed by atoms with Gasteiger partial charge in [0.05, 0.1) is 12.3 Å². The fourth-order valence-electron chi connectivity index (χ4n) is 1.42. The minimum Gasteiger partial charge on any atom is -0.399 e. The number of hydrogen-bond acceptors (Lipinski definition) is 5. The van der Waals surface area contributed by atoms with Crippen LogP contribution in [0.1, 0.15) is 6.92 Å². The summed E-state index contributed by atoms with van der Waals surface area (Å²) in [5.41, 5.74) is 6.52. The highest BCUT2D eigenvalue weighted by Gasteiger charge is 2.16. The number of nitrogen functional groups attached to an aromatic ring is 1. The number of hydrogen-bond donors (Lipinski definition) is 3. The normalized spacial score (nSPS) is 11.4. The molecule has 7 heteroatoms. The van der Waals surface area contributed by atoms with E-state index < -0.39 is 10.0 Å². The maximum Gasteiger partial charge on any atom is 0.242 e. The molecule has 0 saturated carbocycles. The van der Waals surface area contributed by atoms with E-state index >= 15 is 0 Å². The Morgan fingerprint density at radius 3 is 2.72 bits per heavy atom. The van der Waals surface area contributed by atoms with Crippen molar-refractivity contribution in [3.63, 3.8) is 0 Å². The molecule has 18 heavy (non-hydrogen) atoms. The summed E-state index contributed by atoms with van der Waals surface area (Å²) in [5, 5.41) is 3.02. The molecule has 0 heterocycles. The second-order valence-corrected chi connectivity index (χ2v) is 5.44. The van der Waals surface area contributed by atoms with Crippen molar-refractivity contribution in [1.29, 1.82) is 0 Å². The van der Waals surface area contributed by atoms with Gasteiger partial charge in [0.15, 0.2) is 0 Å². The van der Waals surface area contributed by atoms with E-state index in [9.17, 15) is 8.42 Å². The monoisotopic (exact) mass is 273 g/mol. The Labute approximate surface area is 108 Å². The first-order chi connectivity index (χ1) is 8.51. The van der Waals surface area contributed by atoms with Gasteiger partial charge in [0.2, 0.25) is 10.0 Å². The van der Waals surface area contributed by atoms with Gasteiger partial charge in [-0.2, -0.15) is 0 Å². The van der Waals surface area contributed by atoms with Crippen molar-refractivity contribution < 1.29 is 13.2 Å². The second kappa shape index (κ2) is 6.58. The van der Waals surface area contributed by atoms with Gasteiger partial charge < -0.3 is 15.8 Å². The number of rotatable bonds is 7. The van der Waals surface area contributed by atoms with E-state index in [1.165, 1.54) is 13.1 Å². The summed E-state index contributed by atoms with van der Waals surface area (Å²) in [6, 6.07) is 4.72. The van der Waals surface area contributed by atoms with Gasteiger partial charge in [-0.25, -0.2) is 13.1 Å². The molecular formula is C11H19N3O3S. The lowest BCUT2D eigenvalue weighted by atomic mass is 10.3. The zero-order chi connectivity index (χ0) is 13.6. The van der Waals surface area contributed by atoms with Gasteiger partial charge in [-0.15, -0.1) is 0 Å². The summed E-state index contributed by atoms with van der Waals surface area (Å²) in [7, 11) is -2.16. The minimum absolute atomic E-state index is 0.140. The summed E-state index contributed by atoms with van der Waals surface area (Å²) in [4.78, 5) is 0.140. The summed E-state index contributed by atoms with van der Waals surface area (Å²) < 4.78 is 31.1. The Bertz CT molecular complexity index is 488. The Hall–Kier alpha value is -1.31. The molecule has 0 fully saturated rings. The van der Waals surface area contributed by atoms with Crippen LogP contribution >= 0.6 is 0 Å². The molecule has 0 saturated heterocycles. The maximum absolute atomic E-state index is 11.8. The molecule has 0 aliphatic carbocycles. The number of ether oxygens (including phenoxy) is 1. The Morgan fingerprint density at radius 1 is 1.39 bits per heavy atom. The van der Waals surface area contributed by atoms with Crippen LogP contribution in [0.2, 0.25) is 0 Å². The fraction of sp³-hybridized carbons (Fsp3) is 0.455. The van der Waals surface area contributed by atoms with Gasteiger partial charge in [0, 0.05) is 18.8 Å². The zero-order valence-corrected chi connectivity index (χ0v) is 11.4. The van der Waals surface area contributed by atoms with Crippen LogP contribution in [0, 0.1) is 0 Å². The Balaban J connectivity index is 2.91. The number of nitrogens with one attached hydrogen (secondary N) is 2. The van der Waals surface area contributed by atoms with Crippen LogP contribution < -0.4 is 15.8 Å². The number of benzene rings is 1. The predicted molar refractivity (Wildman–Crippen MR) is 72.1 cm³/mol. The van der Waals surface area contributed by atoms with Crippen LogP contribution in [-0.4, -0.2) is 35.2 Å². The molecule has 1 aromatic carbocycles. The highest BCUT2D eigenvalue weighted by Crippen LogP contribution is 2.23. The molecule has 1 aromatic rings. The lowest BCUT2D eigenvalue weighted by Crippen LogP contribution is -2.21. The molecular weight excluding hydrogens is 254 g/mol. The van der Waals surface area contributed by atoms with Crippen molar-refractivity contribution >= 4 is 21.4 Å². The molecule has 102 valence electrons. The fourth-order valence-corrected chi connectivity index (χ4v) is 2.36. The van der Waals surface area contributed by atoms with Gasteiger partial charge >= 0.3 is 0 Å². The van der Waals surface area contributed by atoms with Gasteiger partial charge in [-0.3, -0.25) is 0 Å². The van der Waals surface area contributed by atoms with Crippen LogP contribution in [-0.2, 0) is 14.8 Å². The third-order valence-corrected chi connectivity index (χ3v) is 3.78. The number of nitrogens with two attached hydrogens (primary N) is 1. The summed E-state index contributed by atoms with van der Waals surface area (Å²) in [6.07, 6.45) is 0. The third kappa shape index (κ3) is 3.86. The van der Waals surface area contributed by atoms with E-state index in [1.54, 1.807) is 12.1 Å². The van der Waals surface area contributed by atoms with Gasteiger partial charge in [0.1, 0.15) is 4.90 Å². The quantitative estimate of drug-likeness (QED) is 0.500. The highest BCUT2D eigenvalue weighted by atomic mass is 32.2. The van der Waals surface area contributed by atoms with E-state index in [-0.39, 0.29) is 4.90 Å². The topological polar surface area (TPSA) is 93.4 Å². The predicted octanol–water partition coefficient (Wildman–Crippen LogP) is 0.625. The lowest BCUT2D eigenvalue weighted by Gasteiger charge is -2.12. The highest BCUT2D eigenvalue weighted by molar-refractivity contribution is 7.89. The molecule has 1 rings (SSSR count). The van der Waals surface area contributed by atoms with E-state index in [4.69, 9.17) is 10.5 Å². The van der Waals surface area contributed by atoms with Crippen LogP contribution in [0.3, 0.4) is 0 Å². The molecule has 0 atom stereocenters. The van der Waals surface area contributed by atoms with E-state index in [0.29, 0.717) is 31.1 Å². The molecule has 0 aliphatic heterocycles. The van der Waals surface area contributed by atoms with Crippen LogP contribution in [0.5, 0.6) is 0 Å². The molecule has 0 aliphatic rings. The number of sulfonamides is 1. The molecule has 0 amide bonds. The van der Waals surface area contributed by atoms with E-state index in [1.807, 2.05) is 6.92 Å². The van der Waals surface area contributed by atoms with Crippen molar-refractivity contribution in [2.75, 3.05) is 37.9 Å². The van der Waals surface area contributed by atoms with Crippen LogP contribution in [0.25, 0.3) is 0 Å². The largest absolute Gasteiger partial charge is 0.399 e. The molecule has 4 N–H and O–H groups in total. The van der Waals surface area contributed by atoms with Gasteiger partial charge in [-0.1, -0.05) is 0 Å². The first-order valence-electron chi connectivity index (χ1n) is 5.66. The van der Waals surface area contributed by atoms with Crippen molar-refractivity contribution in [2.24, 2.45) is 0 Å². The second-order valence-electron chi connectivity index (χ2n) is 3.59. The average Bonchev–Trinajstić information content (AvgIpc) is 2.36. The molecule has 0 aromatic heterocycles. The Kier molecular flexibility index (Phi) is 5.39. The molecule has 0 spiro atoms. The van der Waals surface area contributed by atoms with Crippen LogP contribution in [0.15, 0.2) is 23.1 Å². The summed E-state index contributed by atoms with van der Waals surface area (Å²) >= 11 is 0. The van der Waals surface area contributed by atoms with E-state index in [0.717, 1.165) is 0 Å². The van der Waals surface area contributed by atoms with Crippen LogP contribution in [0.4, 0.5) is 11.4 Å². The molecule has 0 bridgehead atoms. The Morgan fingerprint density at radius 2 is 2.11 bits per heavy atom. The lowest BCUT2D eigenvalue weighted by molar-refractivity contribution is 0.158. The third-order valence-electron chi connectivity index (χ3n) is 2.33. The van der Waals surface area contributed by atoms with E-state index in [2.05, 4.69) is 10.0 Å².